The van der Waals surface area contributed by atoms with E-state index in [2.05, 4.69) is 20.9 Å². The molecular formula is C23H23ClFN5O. The Morgan fingerprint density at radius 2 is 1.84 bits per heavy atom. The van der Waals surface area contributed by atoms with Gasteiger partial charge >= 0.3 is 0 Å². The number of nitrogens with zero attached hydrogens (tertiary/aromatic N) is 5. The van der Waals surface area contributed by atoms with Crippen molar-refractivity contribution >= 4 is 18.4 Å². The number of ether oxygens (including phenoxy) is 1. The first kappa shape index (κ1) is 22.6. The van der Waals surface area contributed by atoms with Crippen molar-refractivity contribution in [3.63, 3.8) is 0 Å². The lowest BCUT2D eigenvalue weighted by atomic mass is 9.97. The summed E-state index contributed by atoms with van der Waals surface area (Å²) in [4.78, 5) is 15.7. The van der Waals surface area contributed by atoms with Crippen LogP contribution in [0.15, 0.2) is 42.7 Å². The Hall–Kier alpha value is -3.08. The highest BCUT2D eigenvalue weighted by Crippen LogP contribution is 2.34. The molecule has 160 valence electrons. The van der Waals surface area contributed by atoms with Gasteiger partial charge in [-0.1, -0.05) is 0 Å². The van der Waals surface area contributed by atoms with Crippen LogP contribution in [0.3, 0.4) is 0 Å². The van der Waals surface area contributed by atoms with E-state index in [4.69, 9.17) is 9.72 Å². The Labute approximate surface area is 187 Å². The smallest absolute Gasteiger partial charge is 0.226 e. The van der Waals surface area contributed by atoms with E-state index in [0.29, 0.717) is 35.9 Å². The molecule has 2 atom stereocenters. The molecule has 4 rings (SSSR count). The third-order valence-corrected chi connectivity index (χ3v) is 5.04. The molecule has 8 heteroatoms. The number of halogens is 2. The largest absolute Gasteiger partial charge is 0.372 e. The van der Waals surface area contributed by atoms with Gasteiger partial charge in [0.15, 0.2) is 0 Å². The monoisotopic (exact) mass is 439 g/mol. The first-order valence-corrected chi connectivity index (χ1v) is 9.85. The average Bonchev–Trinajstić information content (AvgIpc) is 2.72. The fourth-order valence-corrected chi connectivity index (χ4v) is 3.81. The molecule has 0 saturated carbocycles. The van der Waals surface area contributed by atoms with Crippen LogP contribution in [0.1, 0.15) is 25.1 Å². The predicted octanol–water partition coefficient (Wildman–Crippen LogP) is 4.56. The first-order chi connectivity index (χ1) is 14.4. The Balaban J connectivity index is 0.00000272. The van der Waals surface area contributed by atoms with E-state index in [1.54, 1.807) is 12.4 Å². The first-order valence-electron chi connectivity index (χ1n) is 9.85. The molecule has 31 heavy (non-hydrogen) atoms. The number of hydrogen-bond acceptors (Lipinski definition) is 6. The molecule has 3 heterocycles. The standard InChI is InChI=1S/C23H22FN5O.ClH/c1-14-8-17(6-7-26-14)21-11-27-23(29-12-15(2)30-16(3)13-29)28-22(21)20-9-19(24)5-4-18(20)10-25;/h4-9,11,15-16H,12-13H2,1-3H3;1H. The van der Waals surface area contributed by atoms with E-state index >= 15 is 0 Å². The summed E-state index contributed by atoms with van der Waals surface area (Å²) in [5, 5.41) is 9.61. The van der Waals surface area contributed by atoms with E-state index in [9.17, 15) is 9.65 Å². The second-order valence-corrected chi connectivity index (χ2v) is 7.58. The Bertz CT molecular complexity index is 1120. The number of aryl methyl sites for hydroxylation is 1. The number of hydrogen-bond donors (Lipinski definition) is 0. The van der Waals surface area contributed by atoms with Crippen molar-refractivity contribution in [2.24, 2.45) is 0 Å². The van der Waals surface area contributed by atoms with Gasteiger partial charge in [0.2, 0.25) is 5.95 Å². The van der Waals surface area contributed by atoms with Gasteiger partial charge in [-0.3, -0.25) is 4.98 Å². The molecule has 1 aliphatic rings. The summed E-state index contributed by atoms with van der Waals surface area (Å²) in [5.41, 5.74) is 3.75. The van der Waals surface area contributed by atoms with Gasteiger partial charge < -0.3 is 9.64 Å². The van der Waals surface area contributed by atoms with Crippen LogP contribution < -0.4 is 4.90 Å². The SMILES string of the molecule is Cc1cc(-c2cnc(N3CC(C)OC(C)C3)nc2-c2cc(F)ccc2C#N)ccn1.Cl. The minimum atomic E-state index is -0.422. The molecule has 1 aromatic carbocycles. The number of aromatic nitrogens is 3. The molecule has 0 spiro atoms. The zero-order valence-corrected chi connectivity index (χ0v) is 18.4. The molecule has 0 bridgehead atoms. The third-order valence-electron chi connectivity index (χ3n) is 5.04. The van der Waals surface area contributed by atoms with Crippen molar-refractivity contribution in [1.82, 2.24) is 15.0 Å². The molecule has 1 saturated heterocycles. The summed E-state index contributed by atoms with van der Waals surface area (Å²) < 4.78 is 19.9. The fraction of sp³-hybridized carbons (Fsp3) is 0.304. The highest BCUT2D eigenvalue weighted by Gasteiger charge is 2.25. The number of anilines is 1. The molecule has 1 aliphatic heterocycles. The molecule has 3 aromatic rings. The van der Waals surface area contributed by atoms with Crippen LogP contribution >= 0.6 is 12.4 Å². The summed E-state index contributed by atoms with van der Waals surface area (Å²) in [7, 11) is 0. The van der Waals surface area contributed by atoms with Gasteiger partial charge in [-0.05, 0) is 56.7 Å². The van der Waals surface area contributed by atoms with Gasteiger partial charge in [0.05, 0.1) is 29.5 Å². The van der Waals surface area contributed by atoms with Crippen molar-refractivity contribution in [3.8, 4) is 28.5 Å². The highest BCUT2D eigenvalue weighted by molar-refractivity contribution is 5.85. The van der Waals surface area contributed by atoms with Gasteiger partial charge in [0.25, 0.3) is 0 Å². The molecule has 0 aliphatic carbocycles. The Morgan fingerprint density at radius 3 is 2.52 bits per heavy atom. The molecule has 0 N–H and O–H groups in total. The maximum absolute atomic E-state index is 14.1. The number of pyridine rings is 1. The van der Waals surface area contributed by atoms with Crippen LogP contribution in [0.25, 0.3) is 22.4 Å². The van der Waals surface area contributed by atoms with Crippen LogP contribution in [0.5, 0.6) is 0 Å². The summed E-state index contributed by atoms with van der Waals surface area (Å²) >= 11 is 0. The minimum Gasteiger partial charge on any atom is -0.372 e. The molecule has 6 nitrogen and oxygen atoms in total. The van der Waals surface area contributed by atoms with Crippen LogP contribution in [0.4, 0.5) is 10.3 Å². The average molecular weight is 440 g/mol. The van der Waals surface area contributed by atoms with E-state index in [0.717, 1.165) is 16.8 Å². The van der Waals surface area contributed by atoms with Crippen LogP contribution in [0.2, 0.25) is 0 Å². The molecule has 1 fully saturated rings. The van der Waals surface area contributed by atoms with Crippen LogP contribution in [-0.2, 0) is 4.74 Å². The van der Waals surface area contributed by atoms with E-state index in [1.165, 1.54) is 18.2 Å². The maximum Gasteiger partial charge on any atom is 0.226 e. The topological polar surface area (TPSA) is 74.9 Å². The van der Waals surface area contributed by atoms with Crippen LogP contribution in [0, 0.1) is 24.1 Å². The zero-order valence-electron chi connectivity index (χ0n) is 17.5. The number of morpholine rings is 1. The molecular weight excluding hydrogens is 417 g/mol. The molecule has 2 aromatic heterocycles. The lowest BCUT2D eigenvalue weighted by Gasteiger charge is -2.35. The molecule has 0 radical (unpaired) electrons. The second-order valence-electron chi connectivity index (χ2n) is 7.58. The summed E-state index contributed by atoms with van der Waals surface area (Å²) in [6, 6.07) is 10.1. The Kier molecular flexibility index (Phi) is 6.84. The van der Waals surface area contributed by atoms with Crippen molar-refractivity contribution in [2.45, 2.75) is 33.0 Å². The molecule has 0 amide bonds. The van der Waals surface area contributed by atoms with E-state index < -0.39 is 5.82 Å². The summed E-state index contributed by atoms with van der Waals surface area (Å²) in [6.07, 6.45) is 3.55. The van der Waals surface area contributed by atoms with Crippen molar-refractivity contribution < 1.29 is 9.13 Å². The van der Waals surface area contributed by atoms with Crippen molar-refractivity contribution in [2.75, 3.05) is 18.0 Å². The maximum atomic E-state index is 14.1. The van der Waals surface area contributed by atoms with Crippen molar-refractivity contribution in [3.05, 3.63) is 59.8 Å². The van der Waals surface area contributed by atoms with Gasteiger partial charge in [-0.2, -0.15) is 5.26 Å². The van der Waals surface area contributed by atoms with Gasteiger partial charge in [-0.15, -0.1) is 12.4 Å². The van der Waals surface area contributed by atoms with Gasteiger partial charge in [0.1, 0.15) is 5.82 Å². The second kappa shape index (κ2) is 9.38. The number of benzene rings is 1. The number of rotatable bonds is 3. The van der Waals surface area contributed by atoms with E-state index in [-0.39, 0.29) is 24.6 Å². The third kappa shape index (κ3) is 4.82. The fourth-order valence-electron chi connectivity index (χ4n) is 3.81. The summed E-state index contributed by atoms with van der Waals surface area (Å²) in [6.45, 7) is 7.24. The summed E-state index contributed by atoms with van der Waals surface area (Å²) in [5.74, 6) is 0.115. The number of nitriles is 1. The van der Waals surface area contributed by atoms with Gasteiger partial charge in [-0.25, -0.2) is 14.4 Å². The van der Waals surface area contributed by atoms with E-state index in [1.807, 2.05) is 32.9 Å². The van der Waals surface area contributed by atoms with Crippen LogP contribution in [-0.4, -0.2) is 40.2 Å². The molecule has 2 unspecified atom stereocenters. The highest BCUT2D eigenvalue weighted by atomic mass is 35.5. The lowest BCUT2D eigenvalue weighted by Crippen LogP contribution is -2.46. The predicted molar refractivity (Wildman–Crippen MR) is 120 cm³/mol. The normalized spacial score (nSPS) is 18.2. The quantitative estimate of drug-likeness (QED) is 0.595. The van der Waals surface area contributed by atoms with Crippen molar-refractivity contribution in [1.29, 1.82) is 5.26 Å². The minimum absolute atomic E-state index is 0. The zero-order chi connectivity index (χ0) is 21.3. The van der Waals surface area contributed by atoms with Gasteiger partial charge in [0, 0.05) is 42.3 Å². The Morgan fingerprint density at radius 1 is 1.10 bits per heavy atom. The lowest BCUT2D eigenvalue weighted by molar-refractivity contribution is -0.00571.